The molecule has 0 bridgehead atoms. The lowest BCUT2D eigenvalue weighted by Crippen LogP contribution is -2.20. The summed E-state index contributed by atoms with van der Waals surface area (Å²) < 4.78 is 36.6. The number of nitrogens with two attached hydrogens (primary N) is 1. The summed E-state index contributed by atoms with van der Waals surface area (Å²) in [5.41, 5.74) is 6.54. The zero-order chi connectivity index (χ0) is 10.2. The lowest BCUT2D eigenvalue weighted by molar-refractivity contribution is -0.142. The van der Waals surface area contributed by atoms with Crippen LogP contribution in [0.15, 0.2) is 0 Å². The van der Waals surface area contributed by atoms with Crippen molar-refractivity contribution in [2.45, 2.75) is 26.6 Å². The Labute approximate surface area is 73.3 Å². The molecule has 0 saturated carbocycles. The standard InChI is InChI=1S/C7H10F3N3/c1-4-5(2)12-13(6(4)11)3-7(8,9)10/h3,11H2,1-2H3. The molecule has 0 unspecified atom stereocenters. The van der Waals surface area contributed by atoms with E-state index in [1.54, 1.807) is 13.8 Å². The summed E-state index contributed by atoms with van der Waals surface area (Å²) in [6, 6.07) is 0. The second-order valence-electron chi connectivity index (χ2n) is 2.87. The van der Waals surface area contributed by atoms with Crippen LogP contribution in [0.3, 0.4) is 0 Å². The van der Waals surface area contributed by atoms with Crippen molar-refractivity contribution in [1.82, 2.24) is 9.78 Å². The number of nitrogen functional groups attached to an aromatic ring is 1. The highest BCUT2D eigenvalue weighted by atomic mass is 19.4. The highest BCUT2D eigenvalue weighted by Crippen LogP contribution is 2.21. The number of alkyl halides is 3. The molecule has 1 heterocycles. The zero-order valence-corrected chi connectivity index (χ0v) is 7.31. The van der Waals surface area contributed by atoms with Crippen molar-refractivity contribution in [2.24, 2.45) is 0 Å². The van der Waals surface area contributed by atoms with Gasteiger partial charge < -0.3 is 5.73 Å². The van der Waals surface area contributed by atoms with E-state index in [9.17, 15) is 13.2 Å². The van der Waals surface area contributed by atoms with Gasteiger partial charge in [0.2, 0.25) is 0 Å². The molecule has 1 aromatic heterocycles. The number of aryl methyl sites for hydroxylation is 1. The molecule has 1 aromatic rings. The number of anilines is 1. The Morgan fingerprint density at radius 1 is 1.38 bits per heavy atom. The second-order valence-corrected chi connectivity index (χ2v) is 2.87. The van der Waals surface area contributed by atoms with E-state index in [0.717, 1.165) is 4.68 Å². The summed E-state index contributed by atoms with van der Waals surface area (Å²) in [6.07, 6.45) is -4.28. The van der Waals surface area contributed by atoms with Gasteiger partial charge in [0.25, 0.3) is 0 Å². The Hall–Kier alpha value is -1.20. The van der Waals surface area contributed by atoms with Crippen molar-refractivity contribution in [3.8, 4) is 0 Å². The SMILES string of the molecule is Cc1nn(CC(F)(F)F)c(N)c1C. The first kappa shape index (κ1) is 9.88. The Bertz CT molecular complexity index is 314. The summed E-state index contributed by atoms with van der Waals surface area (Å²) >= 11 is 0. The Balaban J connectivity index is 2.97. The third-order valence-corrected chi connectivity index (χ3v) is 1.80. The molecule has 3 nitrogen and oxygen atoms in total. The maximum atomic E-state index is 11.9. The summed E-state index contributed by atoms with van der Waals surface area (Å²) in [6.45, 7) is 2.14. The minimum atomic E-state index is -4.28. The quantitative estimate of drug-likeness (QED) is 0.736. The molecule has 0 atom stereocenters. The summed E-state index contributed by atoms with van der Waals surface area (Å²) in [4.78, 5) is 0. The fraction of sp³-hybridized carbons (Fsp3) is 0.571. The molecule has 0 spiro atoms. The van der Waals surface area contributed by atoms with Gasteiger partial charge in [-0.2, -0.15) is 18.3 Å². The largest absolute Gasteiger partial charge is 0.408 e. The molecule has 13 heavy (non-hydrogen) atoms. The number of nitrogens with zero attached hydrogens (tertiary/aromatic N) is 2. The van der Waals surface area contributed by atoms with Crippen molar-refractivity contribution in [3.63, 3.8) is 0 Å². The second kappa shape index (κ2) is 2.93. The molecule has 1 rings (SSSR count). The van der Waals surface area contributed by atoms with Gasteiger partial charge >= 0.3 is 6.18 Å². The maximum Gasteiger partial charge on any atom is 0.408 e. The van der Waals surface area contributed by atoms with Crippen LogP contribution in [0.2, 0.25) is 0 Å². The third kappa shape index (κ3) is 2.13. The van der Waals surface area contributed by atoms with Crippen LogP contribution in [0.5, 0.6) is 0 Å². The van der Waals surface area contributed by atoms with Crippen molar-refractivity contribution in [1.29, 1.82) is 0 Å². The number of aromatic nitrogens is 2. The fourth-order valence-electron chi connectivity index (χ4n) is 0.979. The highest BCUT2D eigenvalue weighted by Gasteiger charge is 2.29. The molecule has 2 N–H and O–H groups in total. The first-order valence-electron chi connectivity index (χ1n) is 3.67. The monoisotopic (exact) mass is 193 g/mol. The number of hydrogen-bond acceptors (Lipinski definition) is 2. The van der Waals surface area contributed by atoms with Crippen molar-refractivity contribution in [2.75, 3.05) is 5.73 Å². The average molecular weight is 193 g/mol. The first-order chi connectivity index (χ1) is 5.81. The molecule has 0 fully saturated rings. The van der Waals surface area contributed by atoms with Crippen LogP contribution in [-0.2, 0) is 6.54 Å². The number of halogens is 3. The van der Waals surface area contributed by atoms with Crippen molar-refractivity contribution >= 4 is 5.82 Å². The van der Waals surface area contributed by atoms with Crippen LogP contribution >= 0.6 is 0 Å². The van der Waals surface area contributed by atoms with Crippen LogP contribution in [0.25, 0.3) is 0 Å². The van der Waals surface area contributed by atoms with Gasteiger partial charge in [0.05, 0.1) is 5.69 Å². The third-order valence-electron chi connectivity index (χ3n) is 1.80. The predicted octanol–water partition coefficient (Wildman–Crippen LogP) is 1.64. The van der Waals surface area contributed by atoms with Gasteiger partial charge in [0, 0.05) is 5.56 Å². The van der Waals surface area contributed by atoms with Gasteiger partial charge in [-0.1, -0.05) is 0 Å². The van der Waals surface area contributed by atoms with E-state index in [1.807, 2.05) is 0 Å². The lowest BCUT2D eigenvalue weighted by atomic mass is 10.3. The molecule has 0 aliphatic heterocycles. The van der Waals surface area contributed by atoms with E-state index in [0.29, 0.717) is 11.3 Å². The highest BCUT2D eigenvalue weighted by molar-refractivity contribution is 5.41. The van der Waals surface area contributed by atoms with E-state index >= 15 is 0 Å². The summed E-state index contributed by atoms with van der Waals surface area (Å²) in [5.74, 6) is 0.0785. The van der Waals surface area contributed by atoms with Gasteiger partial charge in [-0.05, 0) is 13.8 Å². The molecule has 0 aromatic carbocycles. The molecule has 0 saturated heterocycles. The molecule has 6 heteroatoms. The van der Waals surface area contributed by atoms with Crippen LogP contribution in [-0.4, -0.2) is 16.0 Å². The van der Waals surface area contributed by atoms with Gasteiger partial charge in [-0.25, -0.2) is 4.68 Å². The minimum Gasteiger partial charge on any atom is -0.384 e. The predicted molar refractivity (Wildman–Crippen MR) is 42.2 cm³/mol. The average Bonchev–Trinajstić information content (AvgIpc) is 2.15. The molecule has 0 radical (unpaired) electrons. The molecule has 0 aliphatic carbocycles. The van der Waals surface area contributed by atoms with Crippen LogP contribution in [0.1, 0.15) is 11.3 Å². The van der Waals surface area contributed by atoms with Crippen LogP contribution in [0, 0.1) is 13.8 Å². The normalized spacial score (nSPS) is 12.1. The maximum absolute atomic E-state index is 11.9. The van der Waals surface area contributed by atoms with Gasteiger partial charge in [-0.3, -0.25) is 0 Å². The number of hydrogen-bond donors (Lipinski definition) is 1. The smallest absolute Gasteiger partial charge is 0.384 e. The summed E-state index contributed by atoms with van der Waals surface area (Å²) in [5, 5.41) is 3.67. The Morgan fingerprint density at radius 3 is 2.23 bits per heavy atom. The summed E-state index contributed by atoms with van der Waals surface area (Å²) in [7, 11) is 0. The van der Waals surface area contributed by atoms with Crippen molar-refractivity contribution < 1.29 is 13.2 Å². The Kier molecular flexibility index (Phi) is 2.23. The van der Waals surface area contributed by atoms with E-state index in [1.165, 1.54) is 0 Å². The van der Waals surface area contributed by atoms with Crippen LogP contribution in [0.4, 0.5) is 19.0 Å². The van der Waals surface area contributed by atoms with Crippen LogP contribution < -0.4 is 5.73 Å². The van der Waals surface area contributed by atoms with Gasteiger partial charge in [-0.15, -0.1) is 0 Å². The van der Waals surface area contributed by atoms with E-state index in [-0.39, 0.29) is 5.82 Å². The van der Waals surface area contributed by atoms with E-state index < -0.39 is 12.7 Å². The fourth-order valence-corrected chi connectivity index (χ4v) is 0.979. The van der Waals surface area contributed by atoms with E-state index in [2.05, 4.69) is 5.10 Å². The Morgan fingerprint density at radius 2 is 1.92 bits per heavy atom. The van der Waals surface area contributed by atoms with Gasteiger partial charge in [0.15, 0.2) is 0 Å². The van der Waals surface area contributed by atoms with E-state index in [4.69, 9.17) is 5.73 Å². The topological polar surface area (TPSA) is 43.8 Å². The lowest BCUT2D eigenvalue weighted by Gasteiger charge is -2.07. The molecule has 0 amide bonds. The number of rotatable bonds is 1. The van der Waals surface area contributed by atoms with Gasteiger partial charge in [0.1, 0.15) is 12.4 Å². The van der Waals surface area contributed by atoms with Crippen molar-refractivity contribution in [3.05, 3.63) is 11.3 Å². The minimum absolute atomic E-state index is 0.0785. The molecular weight excluding hydrogens is 183 g/mol. The molecular formula is C7H10F3N3. The zero-order valence-electron chi connectivity index (χ0n) is 7.31. The molecule has 0 aliphatic rings. The first-order valence-corrected chi connectivity index (χ1v) is 3.67. The molecule has 74 valence electrons.